The summed E-state index contributed by atoms with van der Waals surface area (Å²) >= 11 is 1.57. The number of carbonyl (C=O) groups is 1. The second-order valence-electron chi connectivity index (χ2n) is 6.04. The lowest BCUT2D eigenvalue weighted by Gasteiger charge is -2.16. The zero-order chi connectivity index (χ0) is 18.6. The Morgan fingerprint density at radius 3 is 2.93 bits per heavy atom. The van der Waals surface area contributed by atoms with Gasteiger partial charge in [-0.15, -0.1) is 11.3 Å². The van der Waals surface area contributed by atoms with E-state index in [2.05, 4.69) is 20.6 Å². The summed E-state index contributed by atoms with van der Waals surface area (Å²) in [4.78, 5) is 20.8. The fraction of sp³-hybridized carbons (Fsp3) is 0.150. The van der Waals surface area contributed by atoms with Crippen molar-refractivity contribution in [1.29, 1.82) is 0 Å². The summed E-state index contributed by atoms with van der Waals surface area (Å²) in [7, 11) is 1.66. The van der Waals surface area contributed by atoms with Crippen LogP contribution in [-0.4, -0.2) is 30.5 Å². The van der Waals surface area contributed by atoms with Crippen LogP contribution in [-0.2, 0) is 9.53 Å². The third kappa shape index (κ3) is 3.89. The van der Waals surface area contributed by atoms with E-state index in [-0.39, 0.29) is 12.0 Å². The van der Waals surface area contributed by atoms with Gasteiger partial charge >= 0.3 is 0 Å². The van der Waals surface area contributed by atoms with Gasteiger partial charge in [0.1, 0.15) is 5.70 Å². The second-order valence-corrected chi connectivity index (χ2v) is 6.93. The predicted octanol–water partition coefficient (Wildman–Crippen LogP) is 3.10. The van der Waals surface area contributed by atoms with Crippen LogP contribution in [0.4, 0.5) is 0 Å². The smallest absolute Gasteiger partial charge is 0.276 e. The average Bonchev–Trinajstić information content (AvgIpc) is 3.29. The van der Waals surface area contributed by atoms with E-state index in [1.165, 1.54) is 0 Å². The van der Waals surface area contributed by atoms with E-state index in [4.69, 9.17) is 4.74 Å². The highest BCUT2D eigenvalue weighted by molar-refractivity contribution is 7.16. The third-order valence-electron chi connectivity index (χ3n) is 4.27. The SMILES string of the molecule is COC(CNC1=N/C(=C\c2ccc3ncsc3c2)C(=O)N1)c1ccccc1. The first kappa shape index (κ1) is 17.4. The Morgan fingerprint density at radius 1 is 1.26 bits per heavy atom. The molecule has 0 saturated heterocycles. The molecule has 1 atom stereocenters. The first-order valence-corrected chi connectivity index (χ1v) is 9.37. The van der Waals surface area contributed by atoms with E-state index in [1.807, 2.05) is 54.0 Å². The van der Waals surface area contributed by atoms with Crippen molar-refractivity contribution >= 4 is 39.5 Å². The van der Waals surface area contributed by atoms with Crippen molar-refractivity contribution in [3.63, 3.8) is 0 Å². The van der Waals surface area contributed by atoms with Crippen LogP contribution in [0.3, 0.4) is 0 Å². The predicted molar refractivity (Wildman–Crippen MR) is 107 cm³/mol. The number of rotatable bonds is 5. The van der Waals surface area contributed by atoms with Crippen LogP contribution in [0.1, 0.15) is 17.2 Å². The number of methoxy groups -OCH3 is 1. The maximum Gasteiger partial charge on any atom is 0.276 e. The molecule has 0 fully saturated rings. The molecule has 0 spiro atoms. The highest BCUT2D eigenvalue weighted by atomic mass is 32.1. The van der Waals surface area contributed by atoms with E-state index < -0.39 is 0 Å². The van der Waals surface area contributed by atoms with Gasteiger partial charge in [-0.25, -0.2) is 9.98 Å². The number of ether oxygens (including phenoxy) is 1. The Balaban J connectivity index is 1.47. The Morgan fingerprint density at radius 2 is 2.11 bits per heavy atom. The molecule has 0 radical (unpaired) electrons. The van der Waals surface area contributed by atoms with Crippen molar-refractivity contribution in [2.24, 2.45) is 4.99 Å². The minimum absolute atomic E-state index is 0.132. The van der Waals surface area contributed by atoms with Crippen molar-refractivity contribution in [2.45, 2.75) is 6.10 Å². The van der Waals surface area contributed by atoms with Gasteiger partial charge in [0.2, 0.25) is 5.96 Å². The van der Waals surface area contributed by atoms with Crippen molar-refractivity contribution in [3.8, 4) is 0 Å². The van der Waals surface area contributed by atoms with E-state index in [9.17, 15) is 4.79 Å². The van der Waals surface area contributed by atoms with Gasteiger partial charge in [-0.2, -0.15) is 0 Å². The number of nitrogens with one attached hydrogen (secondary N) is 2. The van der Waals surface area contributed by atoms with Crippen molar-refractivity contribution in [1.82, 2.24) is 15.6 Å². The van der Waals surface area contributed by atoms with Gasteiger partial charge in [-0.1, -0.05) is 36.4 Å². The number of aromatic nitrogens is 1. The summed E-state index contributed by atoms with van der Waals surface area (Å²) in [5.41, 5.74) is 5.11. The molecule has 0 saturated carbocycles. The quantitative estimate of drug-likeness (QED) is 0.669. The number of hydrogen-bond acceptors (Lipinski definition) is 6. The molecule has 7 heteroatoms. The molecule has 0 aliphatic carbocycles. The molecule has 3 aromatic rings. The van der Waals surface area contributed by atoms with Gasteiger partial charge in [0.15, 0.2) is 0 Å². The fourth-order valence-corrected chi connectivity index (χ4v) is 3.59. The number of hydrogen-bond donors (Lipinski definition) is 2. The Bertz CT molecular complexity index is 1030. The van der Waals surface area contributed by atoms with E-state index in [0.29, 0.717) is 18.2 Å². The second kappa shape index (κ2) is 7.69. The zero-order valence-corrected chi connectivity index (χ0v) is 15.5. The number of nitrogens with zero attached hydrogens (tertiary/aromatic N) is 2. The number of aliphatic imine (C=N–C) groups is 1. The molecule has 6 nitrogen and oxygen atoms in total. The highest BCUT2D eigenvalue weighted by Gasteiger charge is 2.21. The summed E-state index contributed by atoms with van der Waals surface area (Å²) in [6, 6.07) is 15.8. The number of carbonyl (C=O) groups excluding carboxylic acids is 1. The van der Waals surface area contributed by atoms with E-state index in [0.717, 1.165) is 21.3 Å². The summed E-state index contributed by atoms with van der Waals surface area (Å²) in [6.07, 6.45) is 1.64. The largest absolute Gasteiger partial charge is 0.375 e. The lowest BCUT2D eigenvalue weighted by Crippen LogP contribution is -2.38. The average molecular weight is 378 g/mol. The molecular weight excluding hydrogens is 360 g/mol. The van der Waals surface area contributed by atoms with Crippen LogP contribution in [0, 0.1) is 0 Å². The van der Waals surface area contributed by atoms with Gasteiger partial charge in [-0.05, 0) is 29.3 Å². The van der Waals surface area contributed by atoms with Crippen molar-refractivity contribution in [3.05, 3.63) is 70.9 Å². The van der Waals surface area contributed by atoms with Gasteiger partial charge in [0.25, 0.3) is 5.91 Å². The van der Waals surface area contributed by atoms with E-state index in [1.54, 1.807) is 24.5 Å². The Labute approximate surface area is 160 Å². The molecule has 1 unspecified atom stereocenters. The number of thiazole rings is 1. The lowest BCUT2D eigenvalue weighted by atomic mass is 10.1. The third-order valence-corrected chi connectivity index (χ3v) is 5.06. The summed E-state index contributed by atoms with van der Waals surface area (Å²) in [5, 5.41) is 5.90. The van der Waals surface area contributed by atoms with Crippen LogP contribution in [0.5, 0.6) is 0 Å². The molecular formula is C20H18N4O2S. The normalized spacial score (nSPS) is 16.4. The molecule has 27 heavy (non-hydrogen) atoms. The molecule has 1 amide bonds. The lowest BCUT2D eigenvalue weighted by molar-refractivity contribution is -0.115. The molecule has 0 bridgehead atoms. The molecule has 136 valence electrons. The first-order valence-electron chi connectivity index (χ1n) is 8.49. The minimum Gasteiger partial charge on any atom is -0.375 e. The van der Waals surface area contributed by atoms with Gasteiger partial charge in [0, 0.05) is 13.7 Å². The summed E-state index contributed by atoms with van der Waals surface area (Å²) < 4.78 is 6.61. The zero-order valence-electron chi connectivity index (χ0n) is 14.7. The topological polar surface area (TPSA) is 75.6 Å². The van der Waals surface area contributed by atoms with Gasteiger partial charge in [-0.3, -0.25) is 10.1 Å². The standard InChI is InChI=1S/C20H18N4O2S/c1-26-17(14-5-3-2-4-6-14)11-21-20-23-16(19(25)24-20)9-13-7-8-15-18(10-13)27-12-22-15/h2-10,12,17H,11H2,1H3,(H2,21,23,24,25)/b16-9-. The van der Waals surface area contributed by atoms with Crippen LogP contribution in [0.2, 0.25) is 0 Å². The molecule has 2 N–H and O–H groups in total. The Hall–Kier alpha value is -3.03. The van der Waals surface area contributed by atoms with Crippen LogP contribution in [0.15, 0.2) is 64.7 Å². The molecule has 4 rings (SSSR count). The van der Waals surface area contributed by atoms with Crippen LogP contribution >= 0.6 is 11.3 Å². The molecule has 1 aromatic heterocycles. The minimum atomic E-state index is -0.226. The van der Waals surface area contributed by atoms with Crippen molar-refractivity contribution < 1.29 is 9.53 Å². The number of amides is 1. The maximum absolute atomic E-state index is 12.2. The molecule has 1 aliphatic rings. The molecule has 2 aromatic carbocycles. The molecule has 2 heterocycles. The fourth-order valence-electron chi connectivity index (χ4n) is 2.87. The number of fused-ring (bicyclic) bond motifs is 1. The van der Waals surface area contributed by atoms with E-state index >= 15 is 0 Å². The van der Waals surface area contributed by atoms with Crippen LogP contribution < -0.4 is 10.6 Å². The van der Waals surface area contributed by atoms with Crippen molar-refractivity contribution in [2.75, 3.05) is 13.7 Å². The van der Waals surface area contributed by atoms with Crippen LogP contribution in [0.25, 0.3) is 16.3 Å². The molecule has 1 aliphatic heterocycles. The summed E-state index contributed by atoms with van der Waals surface area (Å²) in [5.74, 6) is 0.207. The van der Waals surface area contributed by atoms with Gasteiger partial charge < -0.3 is 10.1 Å². The van der Waals surface area contributed by atoms with Gasteiger partial charge in [0.05, 0.1) is 21.8 Å². The number of guanidine groups is 1. The number of benzene rings is 2. The monoisotopic (exact) mass is 378 g/mol. The highest BCUT2D eigenvalue weighted by Crippen LogP contribution is 2.21. The first-order chi connectivity index (χ1) is 13.2. The maximum atomic E-state index is 12.2. The summed E-state index contributed by atoms with van der Waals surface area (Å²) in [6.45, 7) is 0.500. The Kier molecular flexibility index (Phi) is 4.95.